The first-order valence-electron chi connectivity index (χ1n) is 9.99. The van der Waals surface area contributed by atoms with Crippen LogP contribution in [0.15, 0.2) is 46.2 Å². The van der Waals surface area contributed by atoms with E-state index < -0.39 is 0 Å². The van der Waals surface area contributed by atoms with Crippen LogP contribution >= 0.6 is 11.3 Å². The van der Waals surface area contributed by atoms with Gasteiger partial charge < -0.3 is 14.3 Å². The van der Waals surface area contributed by atoms with Crippen LogP contribution in [0.3, 0.4) is 0 Å². The molecule has 0 aliphatic carbocycles. The van der Waals surface area contributed by atoms with Crippen LogP contribution in [0.25, 0.3) is 10.8 Å². The molecular weight excluding hydrogens is 386 g/mol. The summed E-state index contributed by atoms with van der Waals surface area (Å²) in [4.78, 5) is 10.4. The molecule has 154 valence electrons. The van der Waals surface area contributed by atoms with Gasteiger partial charge in [-0.05, 0) is 36.1 Å². The van der Waals surface area contributed by atoms with E-state index in [9.17, 15) is 0 Å². The number of aliphatic hydroxyl groups is 1. The monoisotopic (exact) mass is 413 g/mol. The molecule has 2 aromatic heterocycles. The summed E-state index contributed by atoms with van der Waals surface area (Å²) in [5.74, 6) is 2.30. The van der Waals surface area contributed by atoms with E-state index in [0.29, 0.717) is 12.5 Å². The van der Waals surface area contributed by atoms with Crippen molar-refractivity contribution in [2.75, 3.05) is 39.3 Å². The fraction of sp³-hybridized carbons (Fsp3) is 0.409. The zero-order chi connectivity index (χ0) is 20.1. The molecular formula is C22H27N3O3S. The van der Waals surface area contributed by atoms with E-state index in [-0.39, 0.29) is 6.61 Å². The minimum atomic E-state index is 0.235. The van der Waals surface area contributed by atoms with E-state index in [1.165, 1.54) is 5.56 Å². The first kappa shape index (κ1) is 20.1. The lowest BCUT2D eigenvalue weighted by Crippen LogP contribution is -2.46. The van der Waals surface area contributed by atoms with E-state index in [1.807, 2.05) is 36.6 Å². The van der Waals surface area contributed by atoms with Gasteiger partial charge in [-0.15, -0.1) is 11.3 Å². The van der Waals surface area contributed by atoms with Crippen molar-refractivity contribution in [3.63, 3.8) is 0 Å². The Labute approximate surface area is 175 Å². The van der Waals surface area contributed by atoms with Crippen molar-refractivity contribution in [1.82, 2.24) is 14.8 Å². The van der Waals surface area contributed by atoms with Gasteiger partial charge in [-0.2, -0.15) is 0 Å². The highest BCUT2D eigenvalue weighted by Crippen LogP contribution is 2.26. The van der Waals surface area contributed by atoms with Gasteiger partial charge >= 0.3 is 0 Å². The molecule has 4 rings (SSSR count). The quantitative estimate of drug-likeness (QED) is 0.611. The molecule has 0 amide bonds. The number of oxazole rings is 1. The zero-order valence-electron chi connectivity index (χ0n) is 16.7. The number of aryl methyl sites for hydroxylation is 1. The zero-order valence-corrected chi connectivity index (χ0v) is 17.5. The lowest BCUT2D eigenvalue weighted by molar-refractivity contribution is 0.108. The Kier molecular flexibility index (Phi) is 6.61. The van der Waals surface area contributed by atoms with E-state index in [4.69, 9.17) is 14.3 Å². The van der Waals surface area contributed by atoms with E-state index in [2.05, 4.69) is 26.9 Å². The Bertz CT molecular complexity index is 902. The van der Waals surface area contributed by atoms with Gasteiger partial charge in [-0.25, -0.2) is 4.98 Å². The molecule has 0 spiro atoms. The molecule has 0 radical (unpaired) electrons. The fourth-order valence-corrected chi connectivity index (χ4v) is 4.17. The molecule has 1 fully saturated rings. The smallest absolute Gasteiger partial charge is 0.236 e. The molecule has 0 bridgehead atoms. The second-order valence-electron chi connectivity index (χ2n) is 7.28. The molecule has 0 saturated carbocycles. The first-order chi connectivity index (χ1) is 14.2. The van der Waals surface area contributed by atoms with Crippen LogP contribution < -0.4 is 4.74 Å². The number of piperazine rings is 1. The summed E-state index contributed by atoms with van der Waals surface area (Å²) in [6.07, 6.45) is 0. The average Bonchev–Trinajstić information content (AvgIpc) is 3.38. The van der Waals surface area contributed by atoms with Gasteiger partial charge in [0.2, 0.25) is 5.89 Å². The lowest BCUT2D eigenvalue weighted by Gasteiger charge is -2.34. The molecule has 1 saturated heterocycles. The molecule has 6 nitrogen and oxygen atoms in total. The second kappa shape index (κ2) is 9.54. The number of aliphatic hydroxyl groups excluding tert-OH is 1. The van der Waals surface area contributed by atoms with Gasteiger partial charge in [-0.3, -0.25) is 9.80 Å². The maximum atomic E-state index is 9.07. The Morgan fingerprint density at radius 3 is 2.72 bits per heavy atom. The number of hydrogen-bond acceptors (Lipinski definition) is 7. The van der Waals surface area contributed by atoms with Gasteiger partial charge in [0.05, 0.1) is 11.5 Å². The van der Waals surface area contributed by atoms with E-state index >= 15 is 0 Å². The number of thiophene rings is 1. The number of rotatable bonds is 8. The topological polar surface area (TPSA) is 62.0 Å². The average molecular weight is 414 g/mol. The largest absolute Gasteiger partial charge is 0.487 e. The number of benzene rings is 1. The SMILES string of the molecule is Cc1oc(-c2cccs2)nc1COc1cccc(CN2CCN(CCO)CC2)c1. The van der Waals surface area contributed by atoms with Gasteiger partial charge in [0, 0.05) is 39.3 Å². The normalized spacial score (nSPS) is 15.7. The van der Waals surface area contributed by atoms with Crippen molar-refractivity contribution in [1.29, 1.82) is 0 Å². The highest BCUT2D eigenvalue weighted by Gasteiger charge is 2.17. The first-order valence-corrected chi connectivity index (χ1v) is 10.9. The highest BCUT2D eigenvalue weighted by molar-refractivity contribution is 7.13. The van der Waals surface area contributed by atoms with Crippen LogP contribution in [0.5, 0.6) is 5.75 Å². The van der Waals surface area contributed by atoms with Crippen LogP contribution in [0.2, 0.25) is 0 Å². The summed E-state index contributed by atoms with van der Waals surface area (Å²) in [6, 6.07) is 12.3. The molecule has 0 unspecified atom stereocenters. The van der Waals surface area contributed by atoms with Crippen molar-refractivity contribution in [2.45, 2.75) is 20.1 Å². The Balaban J connectivity index is 1.33. The molecule has 29 heavy (non-hydrogen) atoms. The number of hydrogen-bond donors (Lipinski definition) is 1. The molecule has 1 aromatic carbocycles. The van der Waals surface area contributed by atoms with E-state index in [1.54, 1.807) is 11.3 Å². The third-order valence-corrected chi connectivity index (χ3v) is 6.04. The van der Waals surface area contributed by atoms with Crippen LogP contribution in [-0.2, 0) is 13.2 Å². The summed E-state index contributed by atoms with van der Waals surface area (Å²) in [6.45, 7) is 8.30. The lowest BCUT2D eigenvalue weighted by atomic mass is 10.2. The second-order valence-corrected chi connectivity index (χ2v) is 8.22. The number of β-amino-alcohol motifs (C(OH)–C–C–N with tert-alkyl or cyclic N) is 1. The fourth-order valence-electron chi connectivity index (χ4n) is 3.52. The summed E-state index contributed by atoms with van der Waals surface area (Å²) in [5.41, 5.74) is 2.08. The Morgan fingerprint density at radius 1 is 1.14 bits per heavy atom. The van der Waals surface area contributed by atoms with Crippen LogP contribution in [0.4, 0.5) is 0 Å². The Morgan fingerprint density at radius 2 is 1.97 bits per heavy atom. The minimum absolute atomic E-state index is 0.235. The van der Waals surface area contributed by atoms with Crippen molar-refractivity contribution < 1.29 is 14.3 Å². The Hall–Kier alpha value is -2.19. The van der Waals surface area contributed by atoms with Gasteiger partial charge in [-0.1, -0.05) is 18.2 Å². The van der Waals surface area contributed by atoms with Gasteiger partial charge in [0.1, 0.15) is 23.8 Å². The molecule has 3 aromatic rings. The van der Waals surface area contributed by atoms with E-state index in [0.717, 1.165) is 61.3 Å². The maximum absolute atomic E-state index is 9.07. The number of nitrogens with zero attached hydrogens (tertiary/aromatic N) is 3. The van der Waals surface area contributed by atoms with Crippen molar-refractivity contribution in [3.8, 4) is 16.5 Å². The van der Waals surface area contributed by atoms with Crippen LogP contribution in [0, 0.1) is 6.92 Å². The molecule has 7 heteroatoms. The summed E-state index contributed by atoms with van der Waals surface area (Å²) in [5, 5.41) is 11.1. The predicted molar refractivity (Wildman–Crippen MR) is 114 cm³/mol. The van der Waals surface area contributed by atoms with Gasteiger partial charge in [0.25, 0.3) is 0 Å². The molecule has 1 aliphatic rings. The van der Waals surface area contributed by atoms with Crippen molar-refractivity contribution in [3.05, 3.63) is 58.8 Å². The number of ether oxygens (including phenoxy) is 1. The molecule has 1 aliphatic heterocycles. The highest BCUT2D eigenvalue weighted by atomic mass is 32.1. The number of aromatic nitrogens is 1. The molecule has 1 N–H and O–H groups in total. The summed E-state index contributed by atoms with van der Waals surface area (Å²) in [7, 11) is 0. The van der Waals surface area contributed by atoms with Gasteiger partial charge in [0.15, 0.2) is 0 Å². The molecule has 0 atom stereocenters. The summed E-state index contributed by atoms with van der Waals surface area (Å²) >= 11 is 1.62. The van der Waals surface area contributed by atoms with Crippen molar-refractivity contribution in [2.24, 2.45) is 0 Å². The van der Waals surface area contributed by atoms with Crippen molar-refractivity contribution >= 4 is 11.3 Å². The standard InChI is InChI=1S/C22H27N3O3S/c1-17-20(23-22(28-17)21-6-3-13-29-21)16-27-19-5-2-4-18(14-19)15-25-9-7-24(8-10-25)11-12-26/h2-6,13-14,26H,7-12,15-16H2,1H3. The summed E-state index contributed by atoms with van der Waals surface area (Å²) < 4.78 is 11.8. The van der Waals surface area contributed by atoms with Crippen LogP contribution in [0.1, 0.15) is 17.0 Å². The maximum Gasteiger partial charge on any atom is 0.236 e. The third kappa shape index (κ3) is 5.25. The van der Waals surface area contributed by atoms with Crippen LogP contribution in [-0.4, -0.2) is 59.2 Å². The predicted octanol–water partition coefficient (Wildman–Crippen LogP) is 3.40. The third-order valence-electron chi connectivity index (χ3n) is 5.19. The minimum Gasteiger partial charge on any atom is -0.487 e. The molecule has 3 heterocycles.